The first-order valence-corrected chi connectivity index (χ1v) is 9.46. The molecule has 3 rings (SSSR count). The molecule has 0 bridgehead atoms. The van der Waals surface area contributed by atoms with Crippen molar-refractivity contribution in [3.05, 3.63) is 65.2 Å². The van der Waals surface area contributed by atoms with E-state index in [4.69, 9.17) is 9.47 Å². The molecule has 1 aliphatic heterocycles. The minimum Gasteiger partial charge on any atom is -0.465 e. The van der Waals surface area contributed by atoms with E-state index in [-0.39, 0.29) is 18.2 Å². The van der Waals surface area contributed by atoms with Crippen LogP contribution in [0.5, 0.6) is 0 Å². The number of carbonyl (C=O) groups excluding carboxylic acids is 2. The molecule has 1 heterocycles. The van der Waals surface area contributed by atoms with E-state index in [0.29, 0.717) is 29.9 Å². The van der Waals surface area contributed by atoms with E-state index in [1.54, 1.807) is 23.1 Å². The topological polar surface area (TPSA) is 67.9 Å². The molecule has 0 unspecified atom stereocenters. The number of hydrogen-bond donors (Lipinski definition) is 1. The molecule has 0 radical (unpaired) electrons. The summed E-state index contributed by atoms with van der Waals surface area (Å²) in [4.78, 5) is 26.0. The molecule has 2 aromatic rings. The number of urea groups is 1. The summed E-state index contributed by atoms with van der Waals surface area (Å²) in [5.41, 5.74) is 2.60. The molecule has 1 aliphatic rings. The number of amides is 2. The molecule has 1 saturated heterocycles. The van der Waals surface area contributed by atoms with Crippen LogP contribution in [0.15, 0.2) is 48.5 Å². The number of anilines is 1. The lowest BCUT2D eigenvalue weighted by atomic mass is 10.1. The molecule has 0 spiro atoms. The van der Waals surface area contributed by atoms with Crippen molar-refractivity contribution in [3.63, 3.8) is 0 Å². The predicted molar refractivity (Wildman–Crippen MR) is 111 cm³/mol. The van der Waals surface area contributed by atoms with Crippen molar-refractivity contribution < 1.29 is 19.1 Å². The van der Waals surface area contributed by atoms with Gasteiger partial charge in [-0.25, -0.2) is 9.59 Å². The zero-order chi connectivity index (χ0) is 20.8. The lowest BCUT2D eigenvalue weighted by Gasteiger charge is -2.35. The second-order valence-electron chi connectivity index (χ2n) is 7.00. The molecule has 0 aromatic heterocycles. The van der Waals surface area contributed by atoms with Crippen LogP contribution in [0.4, 0.5) is 10.5 Å². The van der Waals surface area contributed by atoms with Gasteiger partial charge in [-0.2, -0.15) is 0 Å². The summed E-state index contributed by atoms with van der Waals surface area (Å²) in [6.45, 7) is 5.04. The van der Waals surface area contributed by atoms with Crippen molar-refractivity contribution in [1.82, 2.24) is 4.90 Å². The largest absolute Gasteiger partial charge is 0.465 e. The molecule has 29 heavy (non-hydrogen) atoms. The van der Waals surface area contributed by atoms with E-state index in [1.807, 2.05) is 44.2 Å². The Kier molecular flexibility index (Phi) is 6.53. The SMILES string of the molecule is COC(=O)c1cccc(C#Cc2cccc(NC(=O)N3C[C@@H](C)O[C@H](C)C3)c2)c1. The molecule has 150 valence electrons. The average Bonchev–Trinajstić information content (AvgIpc) is 2.71. The Morgan fingerprint density at radius 3 is 2.31 bits per heavy atom. The molecule has 0 aliphatic carbocycles. The Hall–Kier alpha value is -3.30. The van der Waals surface area contributed by atoms with E-state index < -0.39 is 5.97 Å². The minimum atomic E-state index is -0.398. The van der Waals surface area contributed by atoms with Crippen molar-refractivity contribution in [3.8, 4) is 11.8 Å². The number of rotatable bonds is 2. The van der Waals surface area contributed by atoms with Gasteiger partial charge in [0.1, 0.15) is 0 Å². The van der Waals surface area contributed by atoms with Crippen LogP contribution in [-0.2, 0) is 9.47 Å². The van der Waals surface area contributed by atoms with Gasteiger partial charge >= 0.3 is 12.0 Å². The number of carbonyl (C=O) groups is 2. The Bertz CT molecular complexity index is 951. The molecule has 6 nitrogen and oxygen atoms in total. The number of ether oxygens (including phenoxy) is 2. The van der Waals surface area contributed by atoms with Crippen molar-refractivity contribution >= 4 is 17.7 Å². The van der Waals surface area contributed by atoms with E-state index in [2.05, 4.69) is 17.2 Å². The smallest absolute Gasteiger partial charge is 0.337 e. The van der Waals surface area contributed by atoms with Crippen LogP contribution in [0.25, 0.3) is 0 Å². The number of hydrogen-bond acceptors (Lipinski definition) is 4. The molecule has 0 saturated carbocycles. The third-order valence-electron chi connectivity index (χ3n) is 4.46. The second-order valence-corrected chi connectivity index (χ2v) is 7.00. The first-order valence-electron chi connectivity index (χ1n) is 9.46. The van der Waals surface area contributed by atoms with Crippen LogP contribution in [0.3, 0.4) is 0 Å². The highest BCUT2D eigenvalue weighted by atomic mass is 16.5. The van der Waals surface area contributed by atoms with Crippen LogP contribution in [0.1, 0.15) is 35.3 Å². The van der Waals surface area contributed by atoms with Crippen molar-refractivity contribution in [2.45, 2.75) is 26.1 Å². The summed E-state index contributed by atoms with van der Waals surface area (Å²) in [6, 6.07) is 14.2. The van der Waals surface area contributed by atoms with Crippen molar-refractivity contribution in [2.75, 3.05) is 25.5 Å². The summed E-state index contributed by atoms with van der Waals surface area (Å²) >= 11 is 0. The monoisotopic (exact) mass is 392 g/mol. The van der Waals surface area contributed by atoms with E-state index in [1.165, 1.54) is 7.11 Å². The molecule has 2 amide bonds. The Labute approximate surface area is 170 Å². The fourth-order valence-corrected chi connectivity index (χ4v) is 3.21. The van der Waals surface area contributed by atoms with Gasteiger partial charge in [0.15, 0.2) is 0 Å². The fourth-order valence-electron chi connectivity index (χ4n) is 3.21. The van der Waals surface area contributed by atoms with Gasteiger partial charge in [-0.05, 0) is 50.2 Å². The van der Waals surface area contributed by atoms with Gasteiger partial charge < -0.3 is 19.7 Å². The van der Waals surface area contributed by atoms with Gasteiger partial charge in [0, 0.05) is 29.9 Å². The third-order valence-corrected chi connectivity index (χ3v) is 4.46. The molecule has 1 fully saturated rings. The lowest BCUT2D eigenvalue weighted by molar-refractivity contribution is -0.0530. The Morgan fingerprint density at radius 1 is 1.03 bits per heavy atom. The molecular weight excluding hydrogens is 368 g/mol. The fraction of sp³-hybridized carbons (Fsp3) is 0.304. The molecular formula is C23H24N2O4. The highest BCUT2D eigenvalue weighted by molar-refractivity contribution is 5.90. The van der Waals surface area contributed by atoms with Crippen LogP contribution >= 0.6 is 0 Å². The number of nitrogens with one attached hydrogen (secondary N) is 1. The van der Waals surface area contributed by atoms with Gasteiger partial charge in [0.25, 0.3) is 0 Å². The Balaban J connectivity index is 1.70. The van der Waals surface area contributed by atoms with Crippen molar-refractivity contribution in [1.29, 1.82) is 0 Å². The normalized spacial score (nSPS) is 18.4. The highest BCUT2D eigenvalue weighted by Crippen LogP contribution is 2.15. The quantitative estimate of drug-likeness (QED) is 0.627. The first-order chi connectivity index (χ1) is 13.9. The summed E-state index contributed by atoms with van der Waals surface area (Å²) in [5, 5.41) is 2.93. The van der Waals surface area contributed by atoms with Crippen LogP contribution in [0.2, 0.25) is 0 Å². The Morgan fingerprint density at radius 2 is 1.66 bits per heavy atom. The number of benzene rings is 2. The zero-order valence-corrected chi connectivity index (χ0v) is 16.8. The maximum Gasteiger partial charge on any atom is 0.337 e. The van der Waals surface area contributed by atoms with Crippen molar-refractivity contribution in [2.24, 2.45) is 0 Å². The summed E-state index contributed by atoms with van der Waals surface area (Å²) < 4.78 is 10.4. The van der Waals surface area contributed by atoms with E-state index >= 15 is 0 Å². The second kappa shape index (κ2) is 9.26. The van der Waals surface area contributed by atoms with Gasteiger partial charge in [-0.3, -0.25) is 0 Å². The van der Waals surface area contributed by atoms with Gasteiger partial charge in [-0.15, -0.1) is 0 Å². The van der Waals surface area contributed by atoms with E-state index in [0.717, 1.165) is 5.56 Å². The van der Waals surface area contributed by atoms with Gasteiger partial charge in [-0.1, -0.05) is 24.0 Å². The number of methoxy groups -OCH3 is 1. The number of nitrogens with zero attached hydrogens (tertiary/aromatic N) is 1. The first kappa shape index (κ1) is 20.4. The molecule has 6 heteroatoms. The zero-order valence-electron chi connectivity index (χ0n) is 16.8. The predicted octanol–water partition coefficient (Wildman–Crippen LogP) is 3.51. The van der Waals surface area contributed by atoms with Crippen LogP contribution < -0.4 is 5.32 Å². The standard InChI is InChI=1S/C23H24N2O4/c1-16-14-25(15-17(2)29-16)23(27)24-21-9-5-7-19(13-21)11-10-18-6-4-8-20(12-18)22(26)28-3/h4-9,12-13,16-17H,14-15H2,1-3H3,(H,24,27)/t16-,17-/m1/s1. The highest BCUT2D eigenvalue weighted by Gasteiger charge is 2.25. The summed E-state index contributed by atoms with van der Waals surface area (Å²) in [7, 11) is 1.35. The minimum absolute atomic E-state index is 0.0162. The average molecular weight is 392 g/mol. The molecule has 2 atom stereocenters. The van der Waals surface area contributed by atoms with Crippen LogP contribution in [0, 0.1) is 11.8 Å². The van der Waals surface area contributed by atoms with E-state index in [9.17, 15) is 9.59 Å². The molecule has 1 N–H and O–H groups in total. The van der Waals surface area contributed by atoms with Gasteiger partial charge in [0.05, 0.1) is 24.9 Å². The maximum atomic E-state index is 12.6. The number of esters is 1. The third kappa shape index (κ3) is 5.59. The van der Waals surface area contributed by atoms with Crippen LogP contribution in [-0.4, -0.2) is 49.3 Å². The maximum absolute atomic E-state index is 12.6. The molecule has 2 aromatic carbocycles. The lowest BCUT2D eigenvalue weighted by Crippen LogP contribution is -2.49. The summed E-state index contributed by atoms with van der Waals surface area (Å²) in [5.74, 6) is 5.71. The van der Waals surface area contributed by atoms with Gasteiger partial charge in [0.2, 0.25) is 0 Å². The number of morpholine rings is 1. The summed E-state index contributed by atoms with van der Waals surface area (Å²) in [6.07, 6.45) is 0.0323.